The third kappa shape index (κ3) is 2.99. The number of piperazine rings is 1. The van der Waals surface area contributed by atoms with Gasteiger partial charge < -0.3 is 9.80 Å². The average molecular weight is 387 g/mol. The van der Waals surface area contributed by atoms with E-state index in [9.17, 15) is 0 Å². The normalized spacial score (nSPS) is 19.5. The number of anilines is 1. The molecule has 148 valence electrons. The molecular weight excluding hydrogens is 360 g/mol. The Morgan fingerprint density at radius 3 is 2.72 bits per heavy atom. The van der Waals surface area contributed by atoms with Crippen molar-refractivity contribution in [2.45, 2.75) is 25.2 Å². The van der Waals surface area contributed by atoms with Crippen LogP contribution in [0, 0.1) is 0 Å². The molecule has 6 rings (SSSR count). The number of nitrogens with zero attached hydrogens (tertiary/aromatic N) is 6. The number of fused-ring (bicyclic) bond motifs is 2. The fourth-order valence-corrected chi connectivity index (χ4v) is 4.41. The van der Waals surface area contributed by atoms with Crippen LogP contribution in [0.4, 0.5) is 5.82 Å². The lowest BCUT2D eigenvalue weighted by atomic mass is 10.00. The number of aromatic nitrogens is 4. The summed E-state index contributed by atoms with van der Waals surface area (Å²) < 4.78 is 0. The largest absolute Gasteiger partial charge is 0.353 e. The van der Waals surface area contributed by atoms with Crippen molar-refractivity contribution in [3.05, 3.63) is 59.4 Å². The predicted octanol–water partition coefficient (Wildman–Crippen LogP) is 3.28. The van der Waals surface area contributed by atoms with Crippen LogP contribution in [0.5, 0.6) is 0 Å². The predicted molar refractivity (Wildman–Crippen MR) is 116 cm³/mol. The Balaban J connectivity index is 0.00000193. The van der Waals surface area contributed by atoms with E-state index in [-0.39, 0.29) is 1.43 Å². The van der Waals surface area contributed by atoms with E-state index in [1.807, 2.05) is 6.20 Å². The highest BCUT2D eigenvalue weighted by Crippen LogP contribution is 2.40. The Labute approximate surface area is 171 Å². The number of likely N-dealkylation sites (N-methyl/N-ethyl adjacent to an activating group) is 1. The van der Waals surface area contributed by atoms with Crippen LogP contribution in [0.15, 0.2) is 36.8 Å². The maximum Gasteiger partial charge on any atom is 0.139 e. The first-order valence-corrected chi connectivity index (χ1v) is 10.5. The number of rotatable bonds is 3. The number of benzene rings is 1. The van der Waals surface area contributed by atoms with Gasteiger partial charge in [0.15, 0.2) is 0 Å². The van der Waals surface area contributed by atoms with Gasteiger partial charge in [-0.15, -0.1) is 0 Å². The van der Waals surface area contributed by atoms with Crippen LogP contribution in [0.2, 0.25) is 0 Å². The van der Waals surface area contributed by atoms with Crippen LogP contribution in [0.1, 0.15) is 42.8 Å². The third-order valence-electron chi connectivity index (χ3n) is 6.35. The summed E-state index contributed by atoms with van der Waals surface area (Å²) in [6, 6.07) is 6.53. The lowest BCUT2D eigenvalue weighted by Crippen LogP contribution is -2.44. The second kappa shape index (κ2) is 6.59. The minimum atomic E-state index is 0. The number of allylic oxidation sites excluding steroid dienone is 1. The molecule has 3 aromatic rings. The zero-order valence-electron chi connectivity index (χ0n) is 16.7. The van der Waals surface area contributed by atoms with Crippen LogP contribution in [0.25, 0.3) is 16.5 Å². The Morgan fingerprint density at radius 2 is 1.90 bits per heavy atom. The van der Waals surface area contributed by atoms with E-state index >= 15 is 0 Å². The molecule has 0 bridgehead atoms. The molecule has 3 heterocycles. The highest BCUT2D eigenvalue weighted by atomic mass is 15.3. The Bertz CT molecular complexity index is 1130. The summed E-state index contributed by atoms with van der Waals surface area (Å²) >= 11 is 0. The van der Waals surface area contributed by atoms with E-state index in [0.717, 1.165) is 55.1 Å². The molecule has 0 unspecified atom stereocenters. The molecule has 1 saturated carbocycles. The first-order valence-electron chi connectivity index (χ1n) is 10.5. The Kier molecular flexibility index (Phi) is 3.87. The lowest BCUT2D eigenvalue weighted by molar-refractivity contribution is 0.312. The molecule has 1 saturated heterocycles. The maximum absolute atomic E-state index is 4.85. The van der Waals surface area contributed by atoms with Gasteiger partial charge in [0, 0.05) is 57.1 Å². The second-order valence-electron chi connectivity index (χ2n) is 8.40. The highest BCUT2D eigenvalue weighted by Gasteiger charge is 2.28. The van der Waals surface area contributed by atoms with E-state index in [4.69, 9.17) is 4.98 Å². The second-order valence-corrected chi connectivity index (χ2v) is 8.40. The number of hydrogen-bond acceptors (Lipinski definition) is 6. The standard InChI is InChI=1S/C23H24N6.H2/c1-28-8-10-29(11-9-28)23-18-12-16(4-6-20(18)25-14-26-23)17-5-7-21-19(17)13-24-22(27-21)15-2-3-15;/h4-6,12-15H,2-3,7-11H2,1H3;1H. The molecule has 0 spiro atoms. The highest BCUT2D eigenvalue weighted by molar-refractivity contribution is 5.94. The van der Waals surface area contributed by atoms with Crippen LogP contribution in [0.3, 0.4) is 0 Å². The van der Waals surface area contributed by atoms with Crippen molar-refractivity contribution >= 4 is 22.3 Å². The summed E-state index contributed by atoms with van der Waals surface area (Å²) in [7, 11) is 2.17. The number of hydrogen-bond donors (Lipinski definition) is 0. The van der Waals surface area contributed by atoms with Crippen molar-refractivity contribution in [1.82, 2.24) is 24.8 Å². The molecule has 2 aliphatic carbocycles. The van der Waals surface area contributed by atoms with Gasteiger partial charge in [0.1, 0.15) is 18.0 Å². The average Bonchev–Trinajstić information content (AvgIpc) is 3.53. The van der Waals surface area contributed by atoms with Crippen LogP contribution in [-0.2, 0) is 6.42 Å². The lowest BCUT2D eigenvalue weighted by Gasteiger charge is -2.33. The molecular formula is C23H26N6. The topological polar surface area (TPSA) is 58.0 Å². The van der Waals surface area contributed by atoms with E-state index in [2.05, 4.69) is 56.1 Å². The maximum atomic E-state index is 4.85. The van der Waals surface area contributed by atoms with Crippen molar-refractivity contribution in [3.8, 4) is 0 Å². The van der Waals surface area contributed by atoms with Crippen molar-refractivity contribution in [2.75, 3.05) is 38.1 Å². The summed E-state index contributed by atoms with van der Waals surface area (Å²) in [5.74, 6) is 2.67. The molecule has 0 radical (unpaired) electrons. The van der Waals surface area contributed by atoms with E-state index in [1.165, 1.54) is 35.2 Å². The third-order valence-corrected chi connectivity index (χ3v) is 6.35. The summed E-state index contributed by atoms with van der Waals surface area (Å²) in [4.78, 5) is 23.4. The van der Waals surface area contributed by atoms with Crippen molar-refractivity contribution < 1.29 is 1.43 Å². The monoisotopic (exact) mass is 386 g/mol. The van der Waals surface area contributed by atoms with Gasteiger partial charge in [-0.3, -0.25) is 0 Å². The van der Waals surface area contributed by atoms with Gasteiger partial charge in [-0.1, -0.05) is 12.1 Å². The zero-order chi connectivity index (χ0) is 19.4. The molecule has 0 N–H and O–H groups in total. The molecule has 2 aromatic heterocycles. The van der Waals surface area contributed by atoms with Crippen LogP contribution in [-0.4, -0.2) is 58.1 Å². The molecule has 29 heavy (non-hydrogen) atoms. The van der Waals surface area contributed by atoms with Gasteiger partial charge in [0.2, 0.25) is 0 Å². The molecule has 1 aromatic carbocycles. The van der Waals surface area contributed by atoms with E-state index in [0.29, 0.717) is 5.92 Å². The van der Waals surface area contributed by atoms with Crippen LogP contribution >= 0.6 is 0 Å². The Hall–Kier alpha value is -2.86. The Morgan fingerprint density at radius 1 is 1.03 bits per heavy atom. The molecule has 6 heteroatoms. The van der Waals surface area contributed by atoms with Crippen molar-refractivity contribution in [3.63, 3.8) is 0 Å². The summed E-state index contributed by atoms with van der Waals surface area (Å²) in [6.07, 6.45) is 9.37. The zero-order valence-corrected chi connectivity index (χ0v) is 16.7. The fraction of sp³-hybridized carbons (Fsp3) is 0.391. The molecule has 0 atom stereocenters. The van der Waals surface area contributed by atoms with Gasteiger partial charge in [-0.25, -0.2) is 19.9 Å². The molecule has 2 fully saturated rings. The first-order chi connectivity index (χ1) is 14.3. The van der Waals surface area contributed by atoms with Crippen LogP contribution < -0.4 is 4.90 Å². The smallest absolute Gasteiger partial charge is 0.139 e. The molecule has 0 amide bonds. The summed E-state index contributed by atoms with van der Waals surface area (Å²) in [6.45, 7) is 4.11. The molecule has 1 aliphatic heterocycles. The first kappa shape index (κ1) is 17.0. The summed E-state index contributed by atoms with van der Waals surface area (Å²) in [5, 5.41) is 1.12. The van der Waals surface area contributed by atoms with Gasteiger partial charge in [-0.2, -0.15) is 0 Å². The van der Waals surface area contributed by atoms with Crippen molar-refractivity contribution in [1.29, 1.82) is 0 Å². The van der Waals surface area contributed by atoms with Gasteiger partial charge in [0.05, 0.1) is 11.2 Å². The molecule has 3 aliphatic rings. The minimum absolute atomic E-state index is 0. The minimum Gasteiger partial charge on any atom is -0.353 e. The molecule has 6 nitrogen and oxygen atoms in total. The van der Waals surface area contributed by atoms with E-state index in [1.54, 1.807) is 6.33 Å². The fourth-order valence-electron chi connectivity index (χ4n) is 4.41. The quantitative estimate of drug-likeness (QED) is 0.689. The van der Waals surface area contributed by atoms with Gasteiger partial charge in [-0.05, 0) is 43.2 Å². The van der Waals surface area contributed by atoms with E-state index < -0.39 is 0 Å². The van der Waals surface area contributed by atoms with Crippen molar-refractivity contribution in [2.24, 2.45) is 0 Å². The van der Waals surface area contributed by atoms with Gasteiger partial charge in [0.25, 0.3) is 0 Å². The van der Waals surface area contributed by atoms with Gasteiger partial charge >= 0.3 is 0 Å². The summed E-state index contributed by atoms with van der Waals surface area (Å²) in [5.41, 5.74) is 5.77. The SMILES string of the molecule is CN1CCN(c2ncnc3ccc(C4=CCc5nc(C6CC6)ncc54)cc23)CC1.[HH].